The number of anilines is 2. The largest absolute Gasteiger partial charge is 0.497 e. The molecule has 4 rings (SSSR count). The number of fused-ring (bicyclic) bond motifs is 1. The molecule has 0 saturated heterocycles. The Kier molecular flexibility index (Phi) is 6.24. The van der Waals surface area contributed by atoms with Crippen molar-refractivity contribution in [1.29, 1.82) is 0 Å². The van der Waals surface area contributed by atoms with Crippen LogP contribution in [0.4, 0.5) is 24.7 Å². The van der Waals surface area contributed by atoms with Crippen LogP contribution < -0.4 is 20.1 Å². The molecule has 1 amide bonds. The number of hydrogen-bond acceptors (Lipinski definition) is 5. The van der Waals surface area contributed by atoms with Crippen LogP contribution in [0.5, 0.6) is 11.5 Å². The quantitative estimate of drug-likeness (QED) is 0.455. The average Bonchev–Trinajstić information content (AvgIpc) is 3.22. The molecular formula is C22H20BrF3N4O3. The fourth-order valence-electron chi connectivity index (χ4n) is 3.69. The molecule has 2 atom stereocenters. The van der Waals surface area contributed by atoms with E-state index in [0.717, 1.165) is 9.15 Å². The molecule has 0 aliphatic carbocycles. The van der Waals surface area contributed by atoms with Gasteiger partial charge in [-0.1, -0.05) is 28.1 Å². The number of rotatable bonds is 5. The van der Waals surface area contributed by atoms with Crippen molar-refractivity contribution in [3.8, 4) is 11.5 Å². The maximum Gasteiger partial charge on any atom is 0.410 e. The number of hydrogen-bond donors (Lipinski definition) is 2. The third-order valence-corrected chi connectivity index (χ3v) is 5.88. The van der Waals surface area contributed by atoms with Gasteiger partial charge in [-0.25, -0.2) is 4.68 Å². The fourth-order valence-corrected chi connectivity index (χ4v) is 3.95. The SMILES string of the molecule is COc1ccc(NC(=O)c2cc3n(n2)C(C(F)(F)F)CC(c2ccc(Br)cc2)N3)c(OC)c1. The van der Waals surface area contributed by atoms with Gasteiger partial charge in [0.05, 0.1) is 25.9 Å². The Morgan fingerprint density at radius 1 is 1.15 bits per heavy atom. The first-order valence-electron chi connectivity index (χ1n) is 9.91. The second-order valence-corrected chi connectivity index (χ2v) is 8.34. The van der Waals surface area contributed by atoms with Crippen molar-refractivity contribution in [2.75, 3.05) is 24.9 Å². The van der Waals surface area contributed by atoms with Crippen molar-refractivity contribution < 1.29 is 27.4 Å². The zero-order chi connectivity index (χ0) is 23.8. The fraction of sp³-hybridized carbons (Fsp3) is 0.273. The van der Waals surface area contributed by atoms with Gasteiger partial charge in [0.15, 0.2) is 11.7 Å². The zero-order valence-corrected chi connectivity index (χ0v) is 19.2. The molecular weight excluding hydrogens is 505 g/mol. The molecule has 2 aromatic carbocycles. The highest BCUT2D eigenvalue weighted by atomic mass is 79.9. The topological polar surface area (TPSA) is 77.4 Å². The summed E-state index contributed by atoms with van der Waals surface area (Å²) in [6.07, 6.45) is -4.80. The van der Waals surface area contributed by atoms with Crippen LogP contribution in [0.3, 0.4) is 0 Å². The van der Waals surface area contributed by atoms with E-state index in [4.69, 9.17) is 9.47 Å². The molecule has 2 N–H and O–H groups in total. The van der Waals surface area contributed by atoms with Crippen molar-refractivity contribution in [3.63, 3.8) is 0 Å². The first-order chi connectivity index (χ1) is 15.7. The number of amides is 1. The van der Waals surface area contributed by atoms with Crippen LogP contribution in [0, 0.1) is 0 Å². The summed E-state index contributed by atoms with van der Waals surface area (Å²) in [6, 6.07) is 10.7. The first-order valence-corrected chi connectivity index (χ1v) is 10.7. The molecule has 3 aromatic rings. The first kappa shape index (κ1) is 23.0. The van der Waals surface area contributed by atoms with Gasteiger partial charge in [-0.3, -0.25) is 4.79 Å². The lowest BCUT2D eigenvalue weighted by Gasteiger charge is -2.33. The Morgan fingerprint density at radius 2 is 1.88 bits per heavy atom. The molecule has 0 fully saturated rings. The summed E-state index contributed by atoms with van der Waals surface area (Å²) in [4.78, 5) is 12.8. The molecule has 1 aromatic heterocycles. The third kappa shape index (κ3) is 4.77. The highest BCUT2D eigenvalue weighted by Crippen LogP contribution is 2.43. The Bertz CT molecular complexity index is 1160. The summed E-state index contributed by atoms with van der Waals surface area (Å²) in [5.74, 6) is 0.318. The van der Waals surface area contributed by atoms with Crippen LogP contribution in [0.2, 0.25) is 0 Å². The second-order valence-electron chi connectivity index (χ2n) is 7.42. The average molecular weight is 525 g/mol. The van der Waals surface area contributed by atoms with Crippen LogP contribution in [0.1, 0.15) is 34.6 Å². The summed E-state index contributed by atoms with van der Waals surface area (Å²) in [6.45, 7) is 0. The molecule has 0 spiro atoms. The standard InChI is InChI=1S/C22H20BrF3N4O3/c1-32-14-7-8-15(18(9-14)33-2)28-21(31)17-11-20-27-16(12-3-5-13(23)6-4-12)10-19(22(24,25)26)30(20)29-17/h3-9,11,16,19,27H,10H2,1-2H3,(H,28,31). The number of aromatic nitrogens is 2. The third-order valence-electron chi connectivity index (χ3n) is 5.35. The van der Waals surface area contributed by atoms with Gasteiger partial charge in [-0.05, 0) is 29.8 Å². The molecule has 2 unspecified atom stereocenters. The van der Waals surface area contributed by atoms with Crippen molar-refractivity contribution >= 4 is 33.3 Å². The molecule has 0 saturated carbocycles. The summed E-state index contributed by atoms with van der Waals surface area (Å²) in [7, 11) is 2.92. The van der Waals surface area contributed by atoms with Crippen molar-refractivity contribution in [2.45, 2.75) is 24.7 Å². The second kappa shape index (κ2) is 8.97. The number of methoxy groups -OCH3 is 2. The Hall–Kier alpha value is -3.21. The lowest BCUT2D eigenvalue weighted by atomic mass is 9.97. The molecule has 0 bridgehead atoms. The maximum absolute atomic E-state index is 13.9. The van der Waals surface area contributed by atoms with Gasteiger partial charge >= 0.3 is 6.18 Å². The number of nitrogens with zero attached hydrogens (tertiary/aromatic N) is 2. The van der Waals surface area contributed by atoms with Crippen LogP contribution in [-0.4, -0.2) is 36.1 Å². The van der Waals surface area contributed by atoms with Crippen LogP contribution in [-0.2, 0) is 0 Å². The number of carbonyl (C=O) groups excluding carboxylic acids is 1. The van der Waals surface area contributed by atoms with Crippen molar-refractivity contribution in [3.05, 3.63) is 64.3 Å². The Labute approximate surface area is 196 Å². The highest BCUT2D eigenvalue weighted by molar-refractivity contribution is 9.10. The number of nitrogens with one attached hydrogen (secondary N) is 2. The van der Waals surface area contributed by atoms with E-state index in [1.165, 1.54) is 20.3 Å². The lowest BCUT2D eigenvalue weighted by Crippen LogP contribution is -2.35. The molecule has 1 aliphatic rings. The number of carbonyl (C=O) groups is 1. The summed E-state index contributed by atoms with van der Waals surface area (Å²) in [5, 5.41) is 9.68. The Balaban J connectivity index is 1.63. The van der Waals surface area contributed by atoms with Gasteiger partial charge in [0, 0.05) is 23.0 Å². The molecule has 2 heterocycles. The number of benzene rings is 2. The molecule has 0 radical (unpaired) electrons. The predicted molar refractivity (Wildman–Crippen MR) is 120 cm³/mol. The van der Waals surface area contributed by atoms with E-state index in [2.05, 4.69) is 31.7 Å². The van der Waals surface area contributed by atoms with Gasteiger partial charge < -0.3 is 20.1 Å². The maximum atomic E-state index is 13.9. The molecule has 7 nitrogen and oxygen atoms in total. The smallest absolute Gasteiger partial charge is 0.410 e. The van der Waals surface area contributed by atoms with Gasteiger partial charge in [-0.2, -0.15) is 18.3 Å². The van der Waals surface area contributed by atoms with E-state index in [-0.39, 0.29) is 17.9 Å². The van der Waals surface area contributed by atoms with E-state index < -0.39 is 24.2 Å². The van der Waals surface area contributed by atoms with Crippen LogP contribution in [0.25, 0.3) is 0 Å². The van der Waals surface area contributed by atoms with E-state index in [0.29, 0.717) is 22.7 Å². The molecule has 11 heteroatoms. The normalized spacial score (nSPS) is 17.6. The van der Waals surface area contributed by atoms with Crippen molar-refractivity contribution in [2.24, 2.45) is 0 Å². The van der Waals surface area contributed by atoms with Gasteiger partial charge in [-0.15, -0.1) is 0 Å². The Morgan fingerprint density at radius 3 is 2.52 bits per heavy atom. The molecule has 1 aliphatic heterocycles. The highest BCUT2D eigenvalue weighted by Gasteiger charge is 2.46. The van der Waals surface area contributed by atoms with Crippen LogP contribution >= 0.6 is 15.9 Å². The molecule has 33 heavy (non-hydrogen) atoms. The number of ether oxygens (including phenoxy) is 2. The van der Waals surface area contributed by atoms with E-state index in [9.17, 15) is 18.0 Å². The van der Waals surface area contributed by atoms with Gasteiger partial charge in [0.25, 0.3) is 5.91 Å². The summed E-state index contributed by atoms with van der Waals surface area (Å²) in [5.41, 5.74) is 0.886. The van der Waals surface area contributed by atoms with Crippen LogP contribution in [0.15, 0.2) is 53.0 Å². The lowest BCUT2D eigenvalue weighted by molar-refractivity contribution is -0.173. The van der Waals surface area contributed by atoms with E-state index in [1.807, 2.05) is 0 Å². The summed E-state index contributed by atoms with van der Waals surface area (Å²) < 4.78 is 53.7. The minimum Gasteiger partial charge on any atom is -0.497 e. The van der Waals surface area contributed by atoms with Crippen molar-refractivity contribution in [1.82, 2.24) is 9.78 Å². The van der Waals surface area contributed by atoms with Gasteiger partial charge in [0.2, 0.25) is 0 Å². The monoisotopic (exact) mass is 524 g/mol. The summed E-state index contributed by atoms with van der Waals surface area (Å²) >= 11 is 3.33. The number of alkyl halides is 3. The molecule has 174 valence electrons. The zero-order valence-electron chi connectivity index (χ0n) is 17.6. The van der Waals surface area contributed by atoms with E-state index >= 15 is 0 Å². The minimum atomic E-state index is -4.54. The predicted octanol–water partition coefficient (Wildman–Crippen LogP) is 5.58. The van der Waals surface area contributed by atoms with Gasteiger partial charge in [0.1, 0.15) is 17.3 Å². The number of halogens is 4. The minimum absolute atomic E-state index is 0.114. The van der Waals surface area contributed by atoms with E-state index in [1.54, 1.807) is 42.5 Å².